The number of hydrogen-bond acceptors (Lipinski definition) is 27. The number of phenols is 1. The molecule has 4 N–H and O–H groups in total. The Morgan fingerprint density at radius 3 is 0.944 bits per heavy atom. The van der Waals surface area contributed by atoms with Gasteiger partial charge in [0.25, 0.3) is 0 Å². The number of aliphatic hydroxyl groups excluding tert-OH is 2. The van der Waals surface area contributed by atoms with Crippen molar-refractivity contribution in [2.24, 2.45) is 0 Å². The molecule has 9 aromatic carbocycles. The fourth-order valence-corrected chi connectivity index (χ4v) is 14.3. The minimum absolute atomic E-state index is 0.0436. The van der Waals surface area contributed by atoms with Crippen LogP contribution in [0.25, 0.3) is 0 Å². The van der Waals surface area contributed by atoms with E-state index in [1.807, 2.05) is 90.1 Å². The Morgan fingerprint density at radius 1 is 0.385 bits per heavy atom. The van der Waals surface area contributed by atoms with Crippen molar-refractivity contribution >= 4 is 71.8 Å². The molecule has 788 valence electrons. The number of aliphatic carboxylic acids is 1. The number of aliphatic hydroxyl groups is 2. The number of benzene rings is 9. The zero-order valence-electron chi connectivity index (χ0n) is 79.4. The molecule has 0 amide bonds. The van der Waals surface area contributed by atoms with E-state index in [0.717, 1.165) is 134 Å². The first kappa shape index (κ1) is 123. The number of thioether (sulfide) groups is 3. The molecule has 0 saturated carbocycles. The van der Waals surface area contributed by atoms with Crippen LogP contribution >= 0.6 is 47.9 Å². The summed E-state index contributed by atoms with van der Waals surface area (Å²) in [6.45, 7) is 22.0. The van der Waals surface area contributed by atoms with Gasteiger partial charge in [-0.1, -0.05) is 0 Å². The van der Waals surface area contributed by atoms with E-state index in [1.54, 1.807) is 56.8 Å². The number of alkyl halides is 15. The summed E-state index contributed by atoms with van der Waals surface area (Å²) in [4.78, 5) is 48.1. The number of carbonyl (C=O) groups excluding carboxylic acids is 3. The smallest absolute Gasteiger partial charge is 0.416 e. The van der Waals surface area contributed by atoms with Gasteiger partial charge >= 0.3 is 54.8 Å². The van der Waals surface area contributed by atoms with Crippen molar-refractivity contribution in [1.82, 2.24) is 0 Å². The summed E-state index contributed by atoms with van der Waals surface area (Å²) >= 11 is 8.69. The first-order chi connectivity index (χ1) is 67.7. The lowest BCUT2D eigenvalue weighted by molar-refractivity contribution is -0.146. The maximum Gasteiger partial charge on any atom is 0.416 e. The summed E-state index contributed by atoms with van der Waals surface area (Å²) in [7, 11) is 0. The van der Waals surface area contributed by atoms with E-state index < -0.39 is 89.3 Å². The second-order valence-electron chi connectivity index (χ2n) is 30.2. The lowest BCUT2D eigenvalue weighted by Gasteiger charge is -2.18. The van der Waals surface area contributed by atoms with Crippen LogP contribution in [0.3, 0.4) is 0 Å². The second-order valence-corrected chi connectivity index (χ2v) is 34.0. The molecule has 0 aromatic heterocycles. The second kappa shape index (κ2) is 64.1. The van der Waals surface area contributed by atoms with Crippen LogP contribution in [0.15, 0.2) is 214 Å². The minimum atomic E-state index is -4.40. The molecule has 143 heavy (non-hydrogen) atoms. The van der Waals surface area contributed by atoms with Crippen LogP contribution in [0.1, 0.15) is 97.5 Å². The zero-order chi connectivity index (χ0) is 106. The van der Waals surface area contributed by atoms with Crippen molar-refractivity contribution in [1.29, 1.82) is 0 Å². The predicted molar refractivity (Wildman–Crippen MR) is 508 cm³/mol. The molecule has 24 nitrogen and oxygen atoms in total. The number of aryl methyl sites for hydroxylation is 4. The number of carbonyl (C=O) groups is 4. The highest BCUT2D eigenvalue weighted by molar-refractivity contribution is 7.99. The van der Waals surface area contributed by atoms with Gasteiger partial charge in [-0.3, -0.25) is 0 Å². The van der Waals surface area contributed by atoms with Crippen LogP contribution in [-0.4, -0.2) is 211 Å². The van der Waals surface area contributed by atoms with Crippen molar-refractivity contribution in [2.75, 3.05) is 136 Å². The van der Waals surface area contributed by atoms with Gasteiger partial charge in [-0.05, 0) is 292 Å². The molecular formula is C100H115F15O24S4. The monoisotopic (exact) mass is 2110 g/mol. The van der Waals surface area contributed by atoms with Crippen LogP contribution in [0.4, 0.5) is 65.9 Å². The summed E-state index contributed by atoms with van der Waals surface area (Å²) in [5.41, 5.74) is -0.136. The standard InChI is InChI=1S/C23H27F3O5S.2C21H23F3O5S.C11H14O3S.C10H9F3O2.C7H5F3O.C4H8O.C3H6O2/c1-4-28-19(13-30-18-8-6-17(7-9-18)23(24,25)26)15-32-20-10-11-21(16(3)12-20)31-14-22(27)29-5-2;1-3-27-20(26)12-29-19-9-8-18(10-14(19)2)30-13-16(25)11-28-17-6-4-15(5-7-17)21(22,23)24;1-3-27-17(11-28-16-6-4-15(5-7-16)21(22,23)24)13-30-18-8-9-19(14(2)10-18)29-12-20(25)26;1-3-13-11(12)7-14-10-5-4-9(15)6-8(10)2;11-10(12,13)7-1-3-8(4-2-7)14-5-9-6-15-9;8-7(9,10)5-1-3-6(11)4-2-5;1-2-4-5-3-1;4-1-3-2-5-3/h6-12,19H,4-5,13-15H2,1-3H3;4-10,16,25H,3,11-13H2,1-2H3;4-10,17H,3,11-13H2,1-2H3,(H,25,26);4-6,15H,3,7H2,1-2H3;1-4,9H,5-6H2;1-4,11H;1-4H2;3-4H,1-2H2/t19-;16-;17-;;;;;/m111...../s1. The highest BCUT2D eigenvalue weighted by Gasteiger charge is 2.35. The summed E-state index contributed by atoms with van der Waals surface area (Å²) < 4.78 is 269. The average molecular weight is 2110 g/mol. The molecule has 3 aliphatic heterocycles. The van der Waals surface area contributed by atoms with E-state index in [9.17, 15) is 90.1 Å². The van der Waals surface area contributed by atoms with Crippen molar-refractivity contribution < 1.29 is 181 Å². The van der Waals surface area contributed by atoms with Crippen molar-refractivity contribution in [3.05, 3.63) is 244 Å². The van der Waals surface area contributed by atoms with Gasteiger partial charge in [0.2, 0.25) is 0 Å². The Morgan fingerprint density at radius 2 is 0.678 bits per heavy atom. The van der Waals surface area contributed by atoms with Crippen molar-refractivity contribution in [3.8, 4) is 51.7 Å². The van der Waals surface area contributed by atoms with Crippen LogP contribution in [0.5, 0.6) is 51.7 Å². The van der Waals surface area contributed by atoms with E-state index in [0.29, 0.717) is 104 Å². The van der Waals surface area contributed by atoms with E-state index in [1.165, 1.54) is 84.9 Å². The number of carboxylic acids is 1. The number of esters is 3. The van der Waals surface area contributed by atoms with E-state index >= 15 is 0 Å². The molecule has 5 atom stereocenters. The Bertz CT molecular complexity index is 5160. The summed E-state index contributed by atoms with van der Waals surface area (Å²) in [6, 6.07) is 43.7. The third kappa shape index (κ3) is 52.5. The van der Waals surface area contributed by atoms with Crippen molar-refractivity contribution in [3.63, 3.8) is 0 Å². The molecule has 0 radical (unpaired) electrons. The van der Waals surface area contributed by atoms with E-state index in [-0.39, 0.29) is 88.1 Å². The highest BCUT2D eigenvalue weighted by Crippen LogP contribution is 2.38. The third-order valence-electron chi connectivity index (χ3n) is 18.5. The van der Waals surface area contributed by atoms with Gasteiger partial charge in [-0.25, -0.2) is 19.2 Å². The number of halogens is 15. The number of aromatic hydroxyl groups is 1. The number of thiol groups is 1. The molecule has 0 bridgehead atoms. The van der Waals surface area contributed by atoms with Gasteiger partial charge in [0.1, 0.15) is 103 Å². The number of ether oxygens (including phenoxy) is 16. The van der Waals surface area contributed by atoms with Gasteiger partial charge in [0.05, 0.1) is 73.6 Å². The molecule has 0 spiro atoms. The lowest BCUT2D eigenvalue weighted by Crippen LogP contribution is -2.24. The van der Waals surface area contributed by atoms with Crippen LogP contribution in [-0.2, 0) is 88.0 Å². The Balaban J connectivity index is 0.000000305. The average Bonchev–Trinajstić information content (AvgIpc) is 1.65. The first-order valence-corrected chi connectivity index (χ1v) is 47.7. The van der Waals surface area contributed by atoms with E-state index in [2.05, 4.69) is 17.4 Å². The zero-order valence-corrected chi connectivity index (χ0v) is 82.8. The highest BCUT2D eigenvalue weighted by atomic mass is 32.2. The fourth-order valence-electron chi connectivity index (χ4n) is 11.2. The SMILES string of the molecule is C1CCOC1.CCOC(=O)COc1ccc(S)cc1C.CCOC(=O)COc1ccc(SC[C@@H](COc2ccc(C(F)(F)F)cc2)OCC)cc1C.CCOC(=O)COc1ccc(SC[C@H](O)COc2ccc(C(F)(F)F)cc2)cc1C.CCO[C@H](COc1ccc(C(F)(F)F)cc1)CSc1ccc(OCC(=O)O)c(C)c1.FC(F)(F)c1ccc(OCC2CO2)cc1.OCC1CO1.Oc1ccc(C(F)(F)F)cc1. The lowest BCUT2D eigenvalue weighted by atomic mass is 10.2. The fraction of sp³-hybridized carbons (Fsp3) is 0.420. The van der Waals surface area contributed by atoms with Gasteiger partial charge in [-0.15, -0.1) is 47.9 Å². The summed E-state index contributed by atoms with van der Waals surface area (Å²) in [5.74, 6) is 2.82. The number of epoxide rings is 2. The number of carboxylic acid groups (broad SMARTS) is 1. The molecular weight excluding hydrogens is 2000 g/mol. The Labute approximate surface area is 836 Å². The summed E-state index contributed by atoms with van der Waals surface area (Å²) in [6.07, 6.45) is -20.2. The first-order valence-electron chi connectivity index (χ1n) is 44.3. The van der Waals surface area contributed by atoms with Gasteiger partial charge in [0, 0.05) is 63.3 Å². The molecule has 3 saturated heterocycles. The number of rotatable bonds is 41. The topological polar surface area (TPSA) is 303 Å². The van der Waals surface area contributed by atoms with Crippen LogP contribution in [0, 0.1) is 27.7 Å². The molecule has 12 rings (SSSR count). The van der Waals surface area contributed by atoms with Crippen LogP contribution < -0.4 is 37.9 Å². The molecule has 3 fully saturated rings. The van der Waals surface area contributed by atoms with Crippen LogP contribution in [0.2, 0.25) is 0 Å². The third-order valence-corrected chi connectivity index (χ3v) is 22.2. The quantitative estimate of drug-likeness (QED) is 0.00594. The molecule has 3 aliphatic rings. The summed E-state index contributed by atoms with van der Waals surface area (Å²) in [5, 5.41) is 35.5. The Hall–Kier alpha value is -10.9. The number of hydrogen-bond donors (Lipinski definition) is 5. The molecule has 9 aromatic rings. The molecule has 2 unspecified atom stereocenters. The largest absolute Gasteiger partial charge is 0.508 e. The van der Waals surface area contributed by atoms with Gasteiger partial charge in [0.15, 0.2) is 26.4 Å². The maximum absolute atomic E-state index is 12.7. The molecule has 0 aliphatic carbocycles. The van der Waals surface area contributed by atoms with Crippen molar-refractivity contribution in [2.45, 2.75) is 156 Å². The minimum Gasteiger partial charge on any atom is -0.508 e. The predicted octanol–water partition coefficient (Wildman–Crippen LogP) is 22.4. The van der Waals surface area contributed by atoms with Gasteiger partial charge < -0.3 is 96.2 Å². The normalized spacial score (nSPS) is 14.0. The Kier molecular flexibility index (Phi) is 55.0. The molecule has 3 heterocycles. The maximum atomic E-state index is 12.7. The number of phenolic OH excluding ortho intramolecular Hbond substituents is 1. The molecule has 43 heteroatoms. The van der Waals surface area contributed by atoms with Gasteiger partial charge in [-0.2, -0.15) is 65.9 Å². The van der Waals surface area contributed by atoms with E-state index in [4.69, 9.17) is 86.4 Å².